The Bertz CT molecular complexity index is 433. The molecular weight excluding hydrogens is 278 g/mol. The first kappa shape index (κ1) is 18.4. The van der Waals surface area contributed by atoms with Crippen LogP contribution in [0.4, 0.5) is 0 Å². The smallest absolute Gasteiger partial charge is 0.0502 e. The molecule has 0 saturated carbocycles. The van der Waals surface area contributed by atoms with Gasteiger partial charge in [-0.25, -0.2) is 0 Å². The number of rotatable bonds is 10. The Morgan fingerprint density at radius 1 is 1.19 bits per heavy atom. The molecule has 0 saturated heterocycles. The molecule has 0 bridgehead atoms. The first-order valence-corrected chi connectivity index (χ1v) is 9.66. The van der Waals surface area contributed by atoms with E-state index in [-0.39, 0.29) is 5.25 Å². The van der Waals surface area contributed by atoms with Gasteiger partial charge in [-0.05, 0) is 38.3 Å². The fraction of sp³-hybridized carbons (Fsp3) is 0.667. The lowest BCUT2D eigenvalue weighted by atomic mass is 10.1. The van der Waals surface area contributed by atoms with E-state index in [1.165, 1.54) is 11.1 Å². The highest BCUT2D eigenvalue weighted by Gasteiger charge is 2.24. The second-order valence-corrected chi connectivity index (χ2v) is 7.47. The van der Waals surface area contributed by atoms with Crippen LogP contribution in [0.15, 0.2) is 24.3 Å². The minimum absolute atomic E-state index is 0.247. The minimum atomic E-state index is -0.815. The van der Waals surface area contributed by atoms with Crippen LogP contribution in [0.25, 0.3) is 0 Å². The predicted molar refractivity (Wildman–Crippen MR) is 94.1 cm³/mol. The molecule has 0 amide bonds. The van der Waals surface area contributed by atoms with Gasteiger partial charge in [-0.15, -0.1) is 0 Å². The molecule has 0 aromatic heterocycles. The van der Waals surface area contributed by atoms with Crippen LogP contribution in [0.1, 0.15) is 57.6 Å². The molecule has 1 aromatic rings. The molecule has 0 radical (unpaired) electrons. The maximum atomic E-state index is 12.8. The molecule has 3 atom stereocenters. The van der Waals surface area contributed by atoms with Crippen molar-refractivity contribution in [3.63, 3.8) is 0 Å². The number of hydrogen-bond donors (Lipinski definition) is 1. The van der Waals surface area contributed by atoms with Crippen LogP contribution in [-0.4, -0.2) is 22.0 Å². The number of aryl methyl sites for hydroxylation is 1. The molecule has 21 heavy (non-hydrogen) atoms. The maximum absolute atomic E-state index is 12.8. The van der Waals surface area contributed by atoms with Crippen LogP contribution in [0.5, 0.6) is 0 Å². The summed E-state index contributed by atoms with van der Waals surface area (Å²) in [7, 11) is -0.815. The third kappa shape index (κ3) is 6.31. The monoisotopic (exact) mass is 309 g/mol. The largest absolute Gasteiger partial charge is 0.313 e. The van der Waals surface area contributed by atoms with Crippen molar-refractivity contribution in [3.05, 3.63) is 35.4 Å². The molecule has 3 unspecified atom stereocenters. The second-order valence-electron chi connectivity index (χ2n) is 5.81. The summed E-state index contributed by atoms with van der Waals surface area (Å²) in [6.07, 6.45) is 4.35. The lowest BCUT2D eigenvalue weighted by Crippen LogP contribution is -2.42. The summed E-state index contributed by atoms with van der Waals surface area (Å²) < 4.78 is 12.8. The van der Waals surface area contributed by atoms with Gasteiger partial charge in [-0.2, -0.15) is 0 Å². The van der Waals surface area contributed by atoms with E-state index in [1.54, 1.807) is 0 Å². The van der Waals surface area contributed by atoms with E-state index in [0.29, 0.717) is 11.8 Å². The van der Waals surface area contributed by atoms with Crippen molar-refractivity contribution in [3.8, 4) is 0 Å². The van der Waals surface area contributed by atoms with Gasteiger partial charge in [0.05, 0.1) is 5.25 Å². The zero-order valence-corrected chi connectivity index (χ0v) is 14.8. The van der Waals surface area contributed by atoms with Crippen molar-refractivity contribution >= 4 is 10.8 Å². The summed E-state index contributed by atoms with van der Waals surface area (Å²) in [5.74, 6) is 0.675. The highest BCUT2D eigenvalue weighted by atomic mass is 32.2. The quantitative estimate of drug-likeness (QED) is 0.702. The molecular formula is C18H31NOS. The molecule has 0 fully saturated rings. The van der Waals surface area contributed by atoms with Crippen LogP contribution < -0.4 is 5.32 Å². The van der Waals surface area contributed by atoms with Gasteiger partial charge in [-0.1, -0.05) is 57.0 Å². The fourth-order valence-corrected chi connectivity index (χ4v) is 4.48. The molecule has 0 aliphatic carbocycles. The molecule has 0 aliphatic heterocycles. The van der Waals surface area contributed by atoms with Gasteiger partial charge < -0.3 is 5.32 Å². The number of hydrogen-bond acceptors (Lipinski definition) is 2. The van der Waals surface area contributed by atoms with E-state index in [1.807, 2.05) is 0 Å². The van der Waals surface area contributed by atoms with Crippen LogP contribution in [0, 0.1) is 6.92 Å². The van der Waals surface area contributed by atoms with Gasteiger partial charge >= 0.3 is 0 Å². The summed E-state index contributed by atoms with van der Waals surface area (Å²) >= 11 is 0. The third-order valence-electron chi connectivity index (χ3n) is 3.84. The summed E-state index contributed by atoms with van der Waals surface area (Å²) in [6.45, 7) is 9.65. The van der Waals surface area contributed by atoms with Crippen molar-refractivity contribution in [1.82, 2.24) is 5.32 Å². The molecule has 3 heteroatoms. The van der Waals surface area contributed by atoms with Gasteiger partial charge in [0.1, 0.15) is 0 Å². The van der Waals surface area contributed by atoms with Gasteiger partial charge in [-0.3, -0.25) is 4.21 Å². The first-order chi connectivity index (χ1) is 10.1. The zero-order chi connectivity index (χ0) is 15.7. The van der Waals surface area contributed by atoms with E-state index >= 15 is 0 Å². The van der Waals surface area contributed by atoms with Gasteiger partial charge in [0.2, 0.25) is 0 Å². The maximum Gasteiger partial charge on any atom is 0.0502 e. The van der Waals surface area contributed by atoms with Crippen molar-refractivity contribution in [2.75, 3.05) is 6.54 Å². The molecule has 1 aromatic carbocycles. The Balaban J connectivity index is 2.73. The lowest BCUT2D eigenvalue weighted by Gasteiger charge is -2.26. The fourth-order valence-electron chi connectivity index (χ4n) is 2.79. The standard InChI is InChI=1S/C18H31NOS/c1-5-9-17(19-12-6-2)18(7-3)21(20)14-16-11-8-10-15(4)13-16/h8,10-11,13,17-19H,5-7,9,12,14H2,1-4H3. The van der Waals surface area contributed by atoms with E-state index in [0.717, 1.165) is 32.2 Å². The number of benzene rings is 1. The molecule has 0 aliphatic rings. The minimum Gasteiger partial charge on any atom is -0.313 e. The second kappa shape index (κ2) is 10.1. The van der Waals surface area contributed by atoms with Crippen LogP contribution in [0.2, 0.25) is 0 Å². The molecule has 0 spiro atoms. The molecule has 120 valence electrons. The van der Waals surface area contributed by atoms with Crippen molar-refractivity contribution in [2.45, 2.75) is 70.4 Å². The lowest BCUT2D eigenvalue weighted by molar-refractivity contribution is 0.447. The van der Waals surface area contributed by atoms with Gasteiger partial charge in [0, 0.05) is 22.6 Å². The van der Waals surface area contributed by atoms with E-state index < -0.39 is 10.8 Å². The van der Waals surface area contributed by atoms with Gasteiger partial charge in [0.15, 0.2) is 0 Å². The van der Waals surface area contributed by atoms with Crippen LogP contribution in [-0.2, 0) is 16.6 Å². The Labute approximate surface area is 133 Å². The van der Waals surface area contributed by atoms with E-state index in [2.05, 4.69) is 57.3 Å². The van der Waals surface area contributed by atoms with E-state index in [4.69, 9.17) is 0 Å². The Hall–Kier alpha value is -0.670. The summed E-state index contributed by atoms with van der Waals surface area (Å²) in [6, 6.07) is 8.77. The van der Waals surface area contributed by atoms with Crippen LogP contribution in [0.3, 0.4) is 0 Å². The first-order valence-electron chi connectivity index (χ1n) is 8.28. The topological polar surface area (TPSA) is 29.1 Å². The van der Waals surface area contributed by atoms with Crippen molar-refractivity contribution in [2.24, 2.45) is 0 Å². The average molecular weight is 310 g/mol. The highest BCUT2D eigenvalue weighted by molar-refractivity contribution is 7.84. The summed E-state index contributed by atoms with van der Waals surface area (Å²) in [4.78, 5) is 0. The molecule has 2 nitrogen and oxygen atoms in total. The SMILES string of the molecule is CCCNC(CCC)C(CC)S(=O)Cc1cccc(C)c1. The predicted octanol–water partition coefficient (Wildman–Crippen LogP) is 4.19. The molecule has 1 N–H and O–H groups in total. The summed E-state index contributed by atoms with van der Waals surface area (Å²) in [5, 5.41) is 3.85. The molecule has 1 rings (SSSR count). The Kier molecular flexibility index (Phi) is 8.86. The summed E-state index contributed by atoms with van der Waals surface area (Å²) in [5.41, 5.74) is 2.43. The molecule has 0 heterocycles. The Morgan fingerprint density at radius 2 is 1.95 bits per heavy atom. The van der Waals surface area contributed by atoms with Crippen molar-refractivity contribution in [1.29, 1.82) is 0 Å². The van der Waals surface area contributed by atoms with Gasteiger partial charge in [0.25, 0.3) is 0 Å². The average Bonchev–Trinajstić information content (AvgIpc) is 2.45. The van der Waals surface area contributed by atoms with Crippen molar-refractivity contribution < 1.29 is 4.21 Å². The zero-order valence-electron chi connectivity index (χ0n) is 14.0. The van der Waals surface area contributed by atoms with Crippen LogP contribution >= 0.6 is 0 Å². The Morgan fingerprint density at radius 3 is 2.52 bits per heavy atom. The number of nitrogens with one attached hydrogen (secondary N) is 1. The van der Waals surface area contributed by atoms with E-state index in [9.17, 15) is 4.21 Å². The third-order valence-corrected chi connectivity index (χ3v) is 5.79. The highest BCUT2D eigenvalue weighted by Crippen LogP contribution is 2.17. The normalized spacial score (nSPS) is 15.6.